The fraction of sp³-hybridized carbons (Fsp3) is 0.286. The van der Waals surface area contributed by atoms with Gasteiger partial charge in [0.25, 0.3) is 5.91 Å². The number of carboxylic acid groups (broad SMARTS) is 1. The fourth-order valence-corrected chi connectivity index (χ4v) is 1.28. The minimum atomic E-state index is -1.22. The topological polar surface area (TPSA) is 57.6 Å². The van der Waals surface area contributed by atoms with Crippen LogP contribution in [0, 0.1) is 0 Å². The summed E-state index contributed by atoms with van der Waals surface area (Å²) >= 11 is 0. The van der Waals surface area contributed by atoms with Gasteiger partial charge < -0.3 is 10.0 Å². The summed E-state index contributed by atoms with van der Waals surface area (Å²) in [4.78, 5) is 24.1. The summed E-state index contributed by atoms with van der Waals surface area (Å²) in [6.07, 6.45) is 6.57. The SMILES string of the molecule is C=CC(=CC)C=C(C)N(C)C(=O)C(=CC)C(=O)O. The number of carboxylic acids is 1. The van der Waals surface area contributed by atoms with Crippen LogP contribution in [-0.4, -0.2) is 28.9 Å². The van der Waals surface area contributed by atoms with Crippen LogP contribution in [0.3, 0.4) is 0 Å². The van der Waals surface area contributed by atoms with Crippen molar-refractivity contribution in [2.75, 3.05) is 7.05 Å². The highest BCUT2D eigenvalue weighted by molar-refractivity contribution is 6.15. The second kappa shape index (κ2) is 7.27. The summed E-state index contributed by atoms with van der Waals surface area (Å²) in [5.74, 6) is -1.77. The van der Waals surface area contributed by atoms with Gasteiger partial charge >= 0.3 is 5.97 Å². The predicted octanol–water partition coefficient (Wildman–Crippen LogP) is 2.51. The number of aliphatic carboxylic acids is 1. The van der Waals surface area contributed by atoms with Crippen molar-refractivity contribution >= 4 is 11.9 Å². The van der Waals surface area contributed by atoms with Crippen LogP contribution >= 0.6 is 0 Å². The van der Waals surface area contributed by atoms with E-state index in [4.69, 9.17) is 5.11 Å². The van der Waals surface area contributed by atoms with E-state index in [1.807, 2.05) is 13.0 Å². The van der Waals surface area contributed by atoms with Crippen LogP contribution in [-0.2, 0) is 9.59 Å². The molecule has 1 amide bonds. The molecule has 0 aromatic rings. The molecule has 0 aromatic carbocycles. The zero-order chi connectivity index (χ0) is 14.3. The molecule has 0 aliphatic carbocycles. The summed E-state index contributed by atoms with van der Waals surface area (Å²) in [6.45, 7) is 8.76. The van der Waals surface area contributed by atoms with Crippen LogP contribution in [0.4, 0.5) is 0 Å². The number of nitrogens with zero attached hydrogens (tertiary/aromatic N) is 1. The molecule has 0 aliphatic heterocycles. The molecule has 0 spiro atoms. The molecule has 0 bridgehead atoms. The lowest BCUT2D eigenvalue weighted by Crippen LogP contribution is -2.29. The minimum absolute atomic E-state index is 0.245. The Labute approximate surface area is 108 Å². The highest BCUT2D eigenvalue weighted by Gasteiger charge is 2.20. The second-order valence-corrected chi connectivity index (χ2v) is 3.65. The lowest BCUT2D eigenvalue weighted by molar-refractivity contribution is -0.136. The molecular weight excluding hydrogens is 230 g/mol. The van der Waals surface area contributed by atoms with Crippen LogP contribution < -0.4 is 0 Å². The Bertz CT molecular complexity index is 442. The largest absolute Gasteiger partial charge is 0.478 e. The molecule has 0 fully saturated rings. The maximum absolute atomic E-state index is 11.9. The average Bonchev–Trinajstić information content (AvgIpc) is 2.34. The first kappa shape index (κ1) is 15.9. The van der Waals surface area contributed by atoms with Crippen molar-refractivity contribution in [2.24, 2.45) is 0 Å². The van der Waals surface area contributed by atoms with Crippen molar-refractivity contribution in [3.8, 4) is 0 Å². The zero-order valence-electron chi connectivity index (χ0n) is 11.2. The van der Waals surface area contributed by atoms with Gasteiger partial charge in [-0.25, -0.2) is 4.79 Å². The molecule has 0 saturated heterocycles. The van der Waals surface area contributed by atoms with Gasteiger partial charge in [0, 0.05) is 12.7 Å². The molecule has 1 N–H and O–H groups in total. The fourth-order valence-electron chi connectivity index (χ4n) is 1.28. The first-order chi connectivity index (χ1) is 8.38. The van der Waals surface area contributed by atoms with Crippen LogP contribution in [0.25, 0.3) is 0 Å². The lowest BCUT2D eigenvalue weighted by atomic mass is 10.2. The Morgan fingerprint density at radius 2 is 1.78 bits per heavy atom. The van der Waals surface area contributed by atoms with Gasteiger partial charge in [-0.1, -0.05) is 24.8 Å². The van der Waals surface area contributed by atoms with Gasteiger partial charge in [-0.3, -0.25) is 4.79 Å². The number of hydrogen-bond donors (Lipinski definition) is 1. The van der Waals surface area contributed by atoms with Crippen LogP contribution in [0.1, 0.15) is 20.8 Å². The Morgan fingerprint density at radius 1 is 1.22 bits per heavy atom. The van der Waals surface area contributed by atoms with E-state index in [2.05, 4.69) is 6.58 Å². The third-order valence-electron chi connectivity index (χ3n) is 2.53. The van der Waals surface area contributed by atoms with Gasteiger partial charge in [-0.05, 0) is 32.4 Å². The Hall–Kier alpha value is -2.10. The van der Waals surface area contributed by atoms with E-state index in [9.17, 15) is 9.59 Å². The van der Waals surface area contributed by atoms with Crippen molar-refractivity contribution in [2.45, 2.75) is 20.8 Å². The molecule has 4 nitrogen and oxygen atoms in total. The number of allylic oxidation sites excluding steroid dienone is 6. The third kappa shape index (κ3) is 4.05. The highest BCUT2D eigenvalue weighted by atomic mass is 16.4. The summed E-state index contributed by atoms with van der Waals surface area (Å²) in [5.41, 5.74) is 1.27. The molecule has 0 radical (unpaired) electrons. The predicted molar refractivity (Wildman–Crippen MR) is 71.9 cm³/mol. The number of carbonyl (C=O) groups excluding carboxylic acids is 1. The highest BCUT2D eigenvalue weighted by Crippen LogP contribution is 2.11. The van der Waals surface area contributed by atoms with E-state index in [1.54, 1.807) is 19.1 Å². The second-order valence-electron chi connectivity index (χ2n) is 3.65. The molecule has 0 atom stereocenters. The van der Waals surface area contributed by atoms with Crippen LogP contribution in [0.15, 0.2) is 47.7 Å². The Morgan fingerprint density at radius 3 is 2.11 bits per heavy atom. The number of carbonyl (C=O) groups is 2. The van der Waals surface area contributed by atoms with Gasteiger partial charge in [0.2, 0.25) is 0 Å². The molecule has 0 heterocycles. The van der Waals surface area contributed by atoms with Gasteiger partial charge in [0.05, 0.1) is 0 Å². The Kier molecular flexibility index (Phi) is 6.42. The molecule has 0 unspecified atom stereocenters. The number of likely N-dealkylation sites (N-methyl/N-ethyl adjacent to an activating group) is 1. The summed E-state index contributed by atoms with van der Waals surface area (Å²) in [7, 11) is 1.54. The van der Waals surface area contributed by atoms with E-state index in [1.165, 1.54) is 24.9 Å². The van der Waals surface area contributed by atoms with Crippen LogP contribution in [0.2, 0.25) is 0 Å². The van der Waals surface area contributed by atoms with E-state index in [0.717, 1.165) is 5.57 Å². The molecule has 4 heteroatoms. The summed E-state index contributed by atoms with van der Waals surface area (Å²) in [6, 6.07) is 0. The molecular formula is C14H19NO3. The van der Waals surface area contributed by atoms with Gasteiger partial charge in [-0.15, -0.1) is 0 Å². The summed E-state index contributed by atoms with van der Waals surface area (Å²) in [5, 5.41) is 8.89. The molecule has 0 aliphatic rings. The first-order valence-corrected chi connectivity index (χ1v) is 5.53. The van der Waals surface area contributed by atoms with Gasteiger partial charge in [-0.2, -0.15) is 0 Å². The molecule has 18 heavy (non-hydrogen) atoms. The van der Waals surface area contributed by atoms with Crippen molar-refractivity contribution in [3.05, 3.63) is 47.7 Å². The van der Waals surface area contributed by atoms with Gasteiger partial charge in [0.15, 0.2) is 0 Å². The van der Waals surface area contributed by atoms with E-state index in [0.29, 0.717) is 5.70 Å². The average molecular weight is 249 g/mol. The van der Waals surface area contributed by atoms with Crippen LogP contribution in [0.5, 0.6) is 0 Å². The van der Waals surface area contributed by atoms with Crippen molar-refractivity contribution < 1.29 is 14.7 Å². The number of amides is 1. The minimum Gasteiger partial charge on any atom is -0.478 e. The quantitative estimate of drug-likeness (QED) is 0.352. The van der Waals surface area contributed by atoms with Crippen molar-refractivity contribution in [1.29, 1.82) is 0 Å². The standard InChI is InChI=1S/C14H19NO3/c1-6-11(7-2)9-10(4)15(5)13(16)12(8-3)14(17)18/h6-9H,1H2,2-5H3,(H,17,18). The summed E-state index contributed by atoms with van der Waals surface area (Å²) < 4.78 is 0. The maximum atomic E-state index is 11.9. The zero-order valence-corrected chi connectivity index (χ0v) is 11.2. The maximum Gasteiger partial charge on any atom is 0.340 e. The van der Waals surface area contributed by atoms with Gasteiger partial charge in [0.1, 0.15) is 5.57 Å². The molecule has 0 aromatic heterocycles. The Balaban J connectivity index is 5.18. The third-order valence-corrected chi connectivity index (χ3v) is 2.53. The first-order valence-electron chi connectivity index (χ1n) is 5.53. The molecule has 98 valence electrons. The monoisotopic (exact) mass is 249 g/mol. The normalized spacial score (nSPS) is 13.2. The molecule has 0 saturated carbocycles. The van der Waals surface area contributed by atoms with Crippen molar-refractivity contribution in [1.82, 2.24) is 4.90 Å². The number of hydrogen-bond acceptors (Lipinski definition) is 2. The van der Waals surface area contributed by atoms with E-state index < -0.39 is 11.9 Å². The van der Waals surface area contributed by atoms with E-state index in [-0.39, 0.29) is 5.57 Å². The molecule has 0 rings (SSSR count). The lowest BCUT2D eigenvalue weighted by Gasteiger charge is -2.18. The van der Waals surface area contributed by atoms with E-state index >= 15 is 0 Å². The smallest absolute Gasteiger partial charge is 0.340 e. The number of rotatable bonds is 5. The van der Waals surface area contributed by atoms with Crippen molar-refractivity contribution in [3.63, 3.8) is 0 Å².